The van der Waals surface area contributed by atoms with Crippen LogP contribution in [-0.4, -0.2) is 23.4 Å². The molecule has 1 aliphatic heterocycles. The van der Waals surface area contributed by atoms with Crippen molar-refractivity contribution in [1.29, 1.82) is 0 Å². The topological polar surface area (TPSA) is 58.6 Å². The largest absolute Gasteiger partial charge is 0.493 e. The van der Waals surface area contributed by atoms with E-state index >= 15 is 0 Å². The zero-order chi connectivity index (χ0) is 19.5. The van der Waals surface area contributed by atoms with E-state index in [0.29, 0.717) is 12.4 Å². The van der Waals surface area contributed by atoms with Gasteiger partial charge in [0.1, 0.15) is 11.4 Å². The Kier molecular flexibility index (Phi) is 4.81. The molecule has 0 spiro atoms. The highest BCUT2D eigenvalue weighted by Crippen LogP contribution is 2.31. The van der Waals surface area contributed by atoms with E-state index in [1.54, 1.807) is 6.08 Å². The number of hydrogen-bond donors (Lipinski definition) is 1. The van der Waals surface area contributed by atoms with Crippen LogP contribution in [0, 0.1) is 0 Å². The SMILES string of the molecule is CCOc1ccc2ccccc2c1/C=C1/NC(=O)N(Cc2ccccc2)C1=O. The molecule has 0 bridgehead atoms. The molecule has 3 aromatic carbocycles. The lowest BCUT2D eigenvalue weighted by molar-refractivity contribution is -0.123. The molecule has 1 fully saturated rings. The van der Waals surface area contributed by atoms with E-state index in [4.69, 9.17) is 4.74 Å². The molecule has 28 heavy (non-hydrogen) atoms. The smallest absolute Gasteiger partial charge is 0.329 e. The van der Waals surface area contributed by atoms with E-state index in [-0.39, 0.29) is 18.1 Å². The van der Waals surface area contributed by atoms with Crippen LogP contribution < -0.4 is 10.1 Å². The first-order valence-electron chi connectivity index (χ1n) is 9.20. The van der Waals surface area contributed by atoms with Crippen LogP contribution in [0.15, 0.2) is 72.4 Å². The highest BCUT2D eigenvalue weighted by Gasteiger charge is 2.33. The minimum absolute atomic E-state index is 0.233. The second-order valence-electron chi connectivity index (χ2n) is 6.50. The van der Waals surface area contributed by atoms with E-state index in [1.165, 1.54) is 4.90 Å². The summed E-state index contributed by atoms with van der Waals surface area (Å²) < 4.78 is 5.76. The van der Waals surface area contributed by atoms with Crippen LogP contribution in [0.4, 0.5) is 4.79 Å². The van der Waals surface area contributed by atoms with E-state index in [2.05, 4.69) is 5.32 Å². The highest BCUT2D eigenvalue weighted by atomic mass is 16.5. The third kappa shape index (κ3) is 3.34. The maximum absolute atomic E-state index is 12.9. The third-order valence-electron chi connectivity index (χ3n) is 4.67. The van der Waals surface area contributed by atoms with Crippen LogP contribution in [0.25, 0.3) is 16.8 Å². The summed E-state index contributed by atoms with van der Waals surface area (Å²) in [5.41, 5.74) is 1.93. The fourth-order valence-electron chi connectivity index (χ4n) is 3.33. The Morgan fingerprint density at radius 1 is 0.964 bits per heavy atom. The second kappa shape index (κ2) is 7.56. The number of urea groups is 1. The molecule has 3 amide bonds. The van der Waals surface area contributed by atoms with Gasteiger partial charge in [0.25, 0.3) is 5.91 Å². The lowest BCUT2D eigenvalue weighted by Gasteiger charge is -2.12. The van der Waals surface area contributed by atoms with E-state index in [9.17, 15) is 9.59 Å². The summed E-state index contributed by atoms with van der Waals surface area (Å²) in [7, 11) is 0. The van der Waals surface area contributed by atoms with E-state index in [1.807, 2.05) is 73.7 Å². The molecule has 1 N–H and O–H groups in total. The molecular weight excluding hydrogens is 352 g/mol. The minimum atomic E-state index is -0.418. The molecule has 1 heterocycles. The maximum atomic E-state index is 12.9. The van der Waals surface area contributed by atoms with Crippen LogP contribution >= 0.6 is 0 Å². The zero-order valence-corrected chi connectivity index (χ0v) is 15.5. The highest BCUT2D eigenvalue weighted by molar-refractivity contribution is 6.14. The van der Waals surface area contributed by atoms with Crippen molar-refractivity contribution in [3.63, 3.8) is 0 Å². The van der Waals surface area contributed by atoms with Crippen molar-refractivity contribution in [2.75, 3.05) is 6.61 Å². The predicted octanol–water partition coefficient (Wildman–Crippen LogP) is 4.33. The van der Waals surface area contributed by atoms with Gasteiger partial charge in [-0.15, -0.1) is 0 Å². The summed E-state index contributed by atoms with van der Waals surface area (Å²) in [6, 6.07) is 20.8. The first-order chi connectivity index (χ1) is 13.7. The Balaban J connectivity index is 1.72. The van der Waals surface area contributed by atoms with Crippen molar-refractivity contribution >= 4 is 28.8 Å². The van der Waals surface area contributed by atoms with Crippen molar-refractivity contribution in [3.8, 4) is 5.75 Å². The number of imide groups is 1. The van der Waals surface area contributed by atoms with Gasteiger partial charge in [-0.2, -0.15) is 0 Å². The number of nitrogens with one attached hydrogen (secondary N) is 1. The fourth-order valence-corrected chi connectivity index (χ4v) is 3.33. The molecule has 1 aliphatic rings. The molecule has 0 radical (unpaired) electrons. The first kappa shape index (κ1) is 17.8. The van der Waals surface area contributed by atoms with Crippen LogP contribution in [0.2, 0.25) is 0 Å². The third-order valence-corrected chi connectivity index (χ3v) is 4.67. The molecule has 4 rings (SSSR count). The number of rotatable bonds is 5. The van der Waals surface area contributed by atoms with Gasteiger partial charge in [-0.3, -0.25) is 9.69 Å². The number of ether oxygens (including phenoxy) is 1. The molecule has 3 aromatic rings. The van der Waals surface area contributed by atoms with Crippen molar-refractivity contribution in [3.05, 3.63) is 83.6 Å². The summed E-state index contributed by atoms with van der Waals surface area (Å²) in [5.74, 6) is 0.335. The molecule has 0 aliphatic carbocycles. The fraction of sp³-hybridized carbons (Fsp3) is 0.130. The summed E-state index contributed by atoms with van der Waals surface area (Å²) in [6.07, 6.45) is 1.71. The minimum Gasteiger partial charge on any atom is -0.493 e. The second-order valence-corrected chi connectivity index (χ2v) is 6.50. The van der Waals surface area contributed by atoms with Crippen LogP contribution in [-0.2, 0) is 11.3 Å². The number of carbonyl (C=O) groups excluding carboxylic acids is 2. The molecule has 0 unspecified atom stereocenters. The number of nitrogens with zero attached hydrogens (tertiary/aromatic N) is 1. The molecule has 5 heteroatoms. The molecule has 5 nitrogen and oxygen atoms in total. The van der Waals surface area contributed by atoms with Crippen molar-refractivity contribution in [2.24, 2.45) is 0 Å². The summed E-state index contributed by atoms with van der Waals surface area (Å²) in [6.45, 7) is 2.65. The number of fused-ring (bicyclic) bond motifs is 1. The van der Waals surface area contributed by atoms with Gasteiger partial charge in [0.2, 0.25) is 0 Å². The van der Waals surface area contributed by atoms with Gasteiger partial charge in [0.05, 0.1) is 13.2 Å². The van der Waals surface area contributed by atoms with Gasteiger partial charge in [-0.05, 0) is 35.4 Å². The molecule has 0 aromatic heterocycles. The van der Waals surface area contributed by atoms with Crippen LogP contribution in [0.3, 0.4) is 0 Å². The Bertz CT molecular complexity index is 1070. The standard InChI is InChI=1S/C23H20N2O3/c1-2-28-21-13-12-17-10-6-7-11-18(17)19(21)14-20-22(26)25(23(27)24-20)15-16-8-4-3-5-9-16/h3-14H,2,15H2,1H3,(H,24,27)/b20-14+. The van der Waals surface area contributed by atoms with Gasteiger partial charge in [-0.25, -0.2) is 4.79 Å². The number of amides is 3. The lowest BCUT2D eigenvalue weighted by atomic mass is 10.0. The molecule has 0 saturated carbocycles. The van der Waals surface area contributed by atoms with E-state index < -0.39 is 6.03 Å². The van der Waals surface area contributed by atoms with Crippen molar-refractivity contribution < 1.29 is 14.3 Å². The predicted molar refractivity (Wildman–Crippen MR) is 109 cm³/mol. The summed E-state index contributed by atoms with van der Waals surface area (Å²) in [5, 5.41) is 4.70. The number of hydrogen-bond acceptors (Lipinski definition) is 3. The number of carbonyl (C=O) groups is 2. The molecular formula is C23H20N2O3. The average Bonchev–Trinajstić information content (AvgIpc) is 2.98. The van der Waals surface area contributed by atoms with Gasteiger partial charge < -0.3 is 10.1 Å². The summed E-state index contributed by atoms with van der Waals surface area (Å²) >= 11 is 0. The first-order valence-corrected chi connectivity index (χ1v) is 9.20. The maximum Gasteiger partial charge on any atom is 0.329 e. The lowest BCUT2D eigenvalue weighted by Crippen LogP contribution is -2.30. The Labute approximate surface area is 163 Å². The monoisotopic (exact) mass is 372 g/mol. The quantitative estimate of drug-likeness (QED) is 0.536. The van der Waals surface area contributed by atoms with E-state index in [0.717, 1.165) is 21.9 Å². The van der Waals surface area contributed by atoms with Gasteiger partial charge in [-0.1, -0.05) is 60.7 Å². The summed E-state index contributed by atoms with van der Waals surface area (Å²) in [4.78, 5) is 26.5. The average molecular weight is 372 g/mol. The normalized spacial score (nSPS) is 15.3. The van der Waals surface area contributed by atoms with Crippen LogP contribution in [0.5, 0.6) is 5.75 Å². The number of benzene rings is 3. The van der Waals surface area contributed by atoms with Gasteiger partial charge >= 0.3 is 6.03 Å². The Morgan fingerprint density at radius 2 is 1.71 bits per heavy atom. The van der Waals surface area contributed by atoms with Crippen molar-refractivity contribution in [1.82, 2.24) is 10.2 Å². The molecule has 0 atom stereocenters. The van der Waals surface area contributed by atoms with Crippen LogP contribution in [0.1, 0.15) is 18.1 Å². The Morgan fingerprint density at radius 3 is 2.50 bits per heavy atom. The van der Waals surface area contributed by atoms with Gasteiger partial charge in [0, 0.05) is 5.56 Å². The van der Waals surface area contributed by atoms with Gasteiger partial charge in [0.15, 0.2) is 0 Å². The zero-order valence-electron chi connectivity index (χ0n) is 15.5. The Hall–Kier alpha value is -3.60. The molecule has 1 saturated heterocycles. The van der Waals surface area contributed by atoms with Crippen molar-refractivity contribution in [2.45, 2.75) is 13.5 Å². The molecule has 140 valence electrons.